The first-order valence-corrected chi connectivity index (χ1v) is 8.41. The van der Waals surface area contributed by atoms with Gasteiger partial charge in [0, 0.05) is 30.7 Å². The zero-order valence-electron chi connectivity index (χ0n) is 13.3. The fourth-order valence-corrected chi connectivity index (χ4v) is 3.39. The van der Waals surface area contributed by atoms with Gasteiger partial charge in [0.2, 0.25) is 5.82 Å². The highest BCUT2D eigenvalue weighted by Crippen LogP contribution is 2.28. The van der Waals surface area contributed by atoms with Crippen LogP contribution in [-0.2, 0) is 13.6 Å². The Kier molecular flexibility index (Phi) is 3.69. The molecule has 9 heteroatoms. The minimum absolute atomic E-state index is 0.0420. The molecule has 0 saturated carbocycles. The molecule has 3 heterocycles. The van der Waals surface area contributed by atoms with Crippen molar-refractivity contribution in [2.75, 3.05) is 5.32 Å². The third-order valence-electron chi connectivity index (χ3n) is 3.83. The average Bonchev–Trinajstić information content (AvgIpc) is 3.28. The summed E-state index contributed by atoms with van der Waals surface area (Å²) in [5.41, 5.74) is 3.08. The molecule has 1 N–H and O–H groups in total. The number of nitro groups is 1. The summed E-state index contributed by atoms with van der Waals surface area (Å²) in [6, 6.07) is 7.97. The first-order chi connectivity index (χ1) is 12.1. The number of aryl methyl sites for hydroxylation is 1. The zero-order valence-corrected chi connectivity index (χ0v) is 14.1. The lowest BCUT2D eigenvalue weighted by Crippen LogP contribution is -2.03. The van der Waals surface area contributed by atoms with E-state index in [0.29, 0.717) is 11.5 Å². The van der Waals surface area contributed by atoms with Crippen molar-refractivity contribution in [2.45, 2.75) is 6.54 Å². The van der Waals surface area contributed by atoms with Crippen LogP contribution in [0, 0.1) is 10.1 Å². The average molecular weight is 354 g/mol. The number of fused-ring (bicyclic) bond motifs is 1. The Balaban J connectivity index is 1.59. The number of hydrogen-bond acceptors (Lipinski definition) is 6. The molecule has 8 nitrogen and oxygen atoms in total. The molecule has 0 spiro atoms. The number of imidazole rings is 1. The van der Waals surface area contributed by atoms with E-state index in [0.717, 1.165) is 16.7 Å². The minimum Gasteiger partial charge on any atom is -0.359 e. The first kappa shape index (κ1) is 15.3. The molecule has 0 amide bonds. The van der Waals surface area contributed by atoms with Gasteiger partial charge in [0.25, 0.3) is 4.96 Å². The summed E-state index contributed by atoms with van der Waals surface area (Å²) in [4.78, 5) is 15.8. The molecule has 0 bridgehead atoms. The second-order valence-corrected chi connectivity index (χ2v) is 6.43. The normalized spacial score (nSPS) is 11.1. The topological polar surface area (TPSA) is 90.3 Å². The Morgan fingerprint density at radius 2 is 2.24 bits per heavy atom. The van der Waals surface area contributed by atoms with Gasteiger partial charge < -0.3 is 15.4 Å². The van der Waals surface area contributed by atoms with Gasteiger partial charge in [-0.05, 0) is 22.1 Å². The molecule has 0 radical (unpaired) electrons. The monoisotopic (exact) mass is 354 g/mol. The van der Waals surface area contributed by atoms with E-state index < -0.39 is 4.92 Å². The number of thiazole rings is 1. The maximum absolute atomic E-state index is 11.3. The highest BCUT2D eigenvalue weighted by Gasteiger charge is 2.23. The number of anilines is 1. The zero-order chi connectivity index (χ0) is 17.4. The van der Waals surface area contributed by atoms with Crippen LogP contribution in [0.5, 0.6) is 0 Å². The van der Waals surface area contributed by atoms with Gasteiger partial charge in [-0.3, -0.25) is 4.68 Å². The molecule has 4 aromatic rings. The molecule has 0 saturated heterocycles. The summed E-state index contributed by atoms with van der Waals surface area (Å²) >= 11 is 1.36. The van der Waals surface area contributed by atoms with Gasteiger partial charge in [0.05, 0.1) is 6.20 Å². The molecule has 0 aliphatic carbocycles. The summed E-state index contributed by atoms with van der Waals surface area (Å²) in [5, 5.41) is 20.4. The summed E-state index contributed by atoms with van der Waals surface area (Å²) in [6.45, 7) is 0.444. The van der Waals surface area contributed by atoms with Crippen molar-refractivity contribution in [1.82, 2.24) is 19.2 Å². The molecule has 0 aliphatic heterocycles. The molecular formula is C16H14N6O2S. The van der Waals surface area contributed by atoms with E-state index in [1.807, 2.05) is 37.5 Å². The molecule has 0 unspecified atom stereocenters. The smallest absolute Gasteiger partial charge is 0.359 e. The van der Waals surface area contributed by atoms with E-state index in [9.17, 15) is 10.1 Å². The quantitative estimate of drug-likeness (QED) is 0.438. The van der Waals surface area contributed by atoms with Crippen LogP contribution < -0.4 is 5.32 Å². The summed E-state index contributed by atoms with van der Waals surface area (Å²) in [6.07, 6.45) is 5.40. The molecule has 25 heavy (non-hydrogen) atoms. The van der Waals surface area contributed by atoms with Crippen LogP contribution in [0.3, 0.4) is 0 Å². The molecule has 0 atom stereocenters. The van der Waals surface area contributed by atoms with Crippen molar-refractivity contribution in [3.63, 3.8) is 0 Å². The Morgan fingerprint density at radius 3 is 3.00 bits per heavy atom. The van der Waals surface area contributed by atoms with E-state index >= 15 is 0 Å². The Bertz CT molecular complexity index is 1060. The lowest BCUT2D eigenvalue weighted by atomic mass is 10.1. The van der Waals surface area contributed by atoms with Gasteiger partial charge in [0.15, 0.2) is 0 Å². The Morgan fingerprint density at radius 1 is 1.36 bits per heavy atom. The standard InChI is InChI=1S/C16H14N6O2S/c1-20-10-13(9-18-20)12-4-2-3-11(7-12)8-17-14-15(22(23)24)21-5-6-25-16(21)19-14/h2-7,9-10,17H,8H2,1H3. The van der Waals surface area contributed by atoms with Crippen LogP contribution in [0.2, 0.25) is 0 Å². The second kappa shape index (κ2) is 6.02. The van der Waals surface area contributed by atoms with Crippen molar-refractivity contribution in [3.05, 3.63) is 63.9 Å². The maximum atomic E-state index is 11.3. The van der Waals surface area contributed by atoms with Crippen LogP contribution in [0.25, 0.3) is 16.1 Å². The maximum Gasteiger partial charge on any atom is 0.372 e. The number of hydrogen-bond donors (Lipinski definition) is 1. The van der Waals surface area contributed by atoms with Crippen LogP contribution >= 0.6 is 11.3 Å². The van der Waals surface area contributed by atoms with Crippen molar-refractivity contribution >= 4 is 27.9 Å². The fraction of sp³-hybridized carbons (Fsp3) is 0.125. The highest BCUT2D eigenvalue weighted by molar-refractivity contribution is 7.15. The number of benzene rings is 1. The summed E-state index contributed by atoms with van der Waals surface area (Å²) in [7, 11) is 1.87. The molecule has 1 aromatic carbocycles. The third kappa shape index (κ3) is 2.85. The second-order valence-electron chi connectivity index (χ2n) is 5.55. The molecular weight excluding hydrogens is 340 g/mol. The van der Waals surface area contributed by atoms with Gasteiger partial charge in [-0.2, -0.15) is 14.5 Å². The van der Waals surface area contributed by atoms with Crippen molar-refractivity contribution in [2.24, 2.45) is 7.05 Å². The van der Waals surface area contributed by atoms with Crippen LogP contribution in [0.15, 0.2) is 48.2 Å². The van der Waals surface area contributed by atoms with Crippen LogP contribution in [0.4, 0.5) is 11.6 Å². The van der Waals surface area contributed by atoms with Gasteiger partial charge in [-0.25, -0.2) is 0 Å². The number of aromatic nitrogens is 4. The fourth-order valence-electron chi connectivity index (χ4n) is 2.68. The van der Waals surface area contributed by atoms with Crippen LogP contribution in [-0.4, -0.2) is 24.1 Å². The van der Waals surface area contributed by atoms with E-state index in [1.165, 1.54) is 15.7 Å². The lowest BCUT2D eigenvalue weighted by molar-refractivity contribution is -0.389. The van der Waals surface area contributed by atoms with E-state index in [2.05, 4.69) is 15.4 Å². The van der Waals surface area contributed by atoms with Crippen molar-refractivity contribution in [3.8, 4) is 11.1 Å². The number of nitrogens with one attached hydrogen (secondary N) is 1. The van der Waals surface area contributed by atoms with E-state index in [-0.39, 0.29) is 11.6 Å². The highest BCUT2D eigenvalue weighted by atomic mass is 32.1. The van der Waals surface area contributed by atoms with E-state index in [4.69, 9.17) is 0 Å². The first-order valence-electron chi connectivity index (χ1n) is 7.53. The predicted molar refractivity (Wildman–Crippen MR) is 95.7 cm³/mol. The number of rotatable bonds is 5. The molecule has 0 aliphatic rings. The molecule has 0 fully saturated rings. The SMILES string of the molecule is Cn1cc(-c2cccc(CNc3nc4sccn4c3[N+](=O)[O-])c2)cn1. The van der Waals surface area contributed by atoms with Crippen molar-refractivity contribution < 1.29 is 4.92 Å². The summed E-state index contributed by atoms with van der Waals surface area (Å²) < 4.78 is 3.24. The third-order valence-corrected chi connectivity index (χ3v) is 4.59. The van der Waals surface area contributed by atoms with E-state index in [1.54, 1.807) is 22.5 Å². The number of nitrogens with zero attached hydrogens (tertiary/aromatic N) is 5. The molecule has 126 valence electrons. The predicted octanol–water partition coefficient (Wildman–Crippen LogP) is 3.32. The minimum atomic E-state index is -0.416. The van der Waals surface area contributed by atoms with Gasteiger partial charge in [0.1, 0.15) is 6.20 Å². The largest absolute Gasteiger partial charge is 0.372 e. The Labute approximate surface area is 146 Å². The molecule has 4 rings (SSSR count). The van der Waals surface area contributed by atoms with Gasteiger partial charge >= 0.3 is 5.82 Å². The lowest BCUT2D eigenvalue weighted by Gasteiger charge is -2.06. The van der Waals surface area contributed by atoms with Gasteiger partial charge in [-0.1, -0.05) is 29.5 Å². The van der Waals surface area contributed by atoms with Gasteiger partial charge in [-0.15, -0.1) is 0 Å². The summed E-state index contributed by atoms with van der Waals surface area (Å²) in [5.74, 6) is 0.239. The molecule has 3 aromatic heterocycles. The van der Waals surface area contributed by atoms with Crippen LogP contribution in [0.1, 0.15) is 5.56 Å². The Hall–Kier alpha value is -3.20. The van der Waals surface area contributed by atoms with Crippen molar-refractivity contribution in [1.29, 1.82) is 0 Å².